The van der Waals surface area contributed by atoms with Crippen molar-refractivity contribution >= 4 is 39.7 Å². The predicted octanol–water partition coefficient (Wildman–Crippen LogP) is 4.58. The van der Waals surface area contributed by atoms with Crippen molar-refractivity contribution in [2.75, 3.05) is 24.3 Å². The lowest BCUT2D eigenvalue weighted by atomic mass is 9.97. The first-order valence-electron chi connectivity index (χ1n) is 11.3. The quantitative estimate of drug-likeness (QED) is 0.200. The summed E-state index contributed by atoms with van der Waals surface area (Å²) < 4.78 is 32.1. The molecule has 2 aromatic carbocycles. The molecule has 0 aliphatic heterocycles. The van der Waals surface area contributed by atoms with E-state index in [1.807, 2.05) is 6.07 Å². The van der Waals surface area contributed by atoms with Crippen molar-refractivity contribution in [3.05, 3.63) is 76.3 Å². The van der Waals surface area contributed by atoms with Crippen molar-refractivity contribution in [2.45, 2.75) is 16.9 Å². The number of halogens is 2. The van der Waals surface area contributed by atoms with E-state index < -0.39 is 24.3 Å². The van der Waals surface area contributed by atoms with Crippen LogP contribution in [0.1, 0.15) is 16.8 Å². The van der Waals surface area contributed by atoms with Crippen molar-refractivity contribution in [1.29, 1.82) is 10.5 Å². The lowest BCUT2D eigenvalue weighted by molar-refractivity contribution is 0.0536. The molecule has 13 heteroatoms. The van der Waals surface area contributed by atoms with Crippen LogP contribution >= 0.6 is 23.1 Å². The average Bonchev–Trinajstić information content (AvgIpc) is 3.39. The first-order chi connectivity index (χ1) is 18.8. The average molecular weight is 567 g/mol. The van der Waals surface area contributed by atoms with Gasteiger partial charge in [-0.1, -0.05) is 23.9 Å². The summed E-state index contributed by atoms with van der Waals surface area (Å²) in [7, 11) is 0. The van der Waals surface area contributed by atoms with E-state index >= 15 is 0 Å². The molecular weight excluding hydrogens is 546 g/mol. The minimum atomic E-state index is -1.02. The number of nitrogens with zero attached hydrogens (tertiary/aromatic N) is 4. The van der Waals surface area contributed by atoms with Crippen molar-refractivity contribution in [2.24, 2.45) is 0 Å². The number of nitrogens with two attached hydrogens (primary N) is 1. The maximum absolute atomic E-state index is 13.5. The molecule has 4 aromatic rings. The number of nitriles is 2. The molecule has 0 bridgehead atoms. The molecule has 1 atom stereocenters. The summed E-state index contributed by atoms with van der Waals surface area (Å²) in [5.74, 6) is -1.20. The number of hydrogen-bond acceptors (Lipinski definition) is 11. The van der Waals surface area contributed by atoms with E-state index in [1.54, 1.807) is 29.6 Å². The number of pyridine rings is 1. The van der Waals surface area contributed by atoms with Gasteiger partial charge in [-0.25, -0.2) is 18.7 Å². The number of aliphatic hydroxyl groups excluding tert-OH is 2. The smallest absolute Gasteiger partial charge is 0.187 e. The summed E-state index contributed by atoms with van der Waals surface area (Å²) in [4.78, 5) is 8.73. The Morgan fingerprint density at radius 3 is 2.49 bits per heavy atom. The van der Waals surface area contributed by atoms with Crippen LogP contribution in [0, 0.1) is 34.3 Å². The van der Waals surface area contributed by atoms with Crippen LogP contribution in [0.15, 0.2) is 52.9 Å². The number of benzene rings is 2. The Morgan fingerprint density at radius 1 is 1.08 bits per heavy atom. The number of nitrogen functional groups attached to an aromatic ring is 1. The number of rotatable bonds is 10. The summed E-state index contributed by atoms with van der Waals surface area (Å²) in [6.07, 6.45) is -1.02. The number of nitrogens with one attached hydrogen (secondary N) is 1. The third-order valence-electron chi connectivity index (χ3n) is 5.29. The maximum Gasteiger partial charge on any atom is 0.187 e. The van der Waals surface area contributed by atoms with Gasteiger partial charge in [0.2, 0.25) is 0 Å². The van der Waals surface area contributed by atoms with E-state index in [9.17, 15) is 24.4 Å². The normalized spacial score (nSPS) is 11.4. The van der Waals surface area contributed by atoms with Gasteiger partial charge in [0.05, 0.1) is 17.9 Å². The standard InChI is InChI=1S/C26H20F2N6O3S2/c27-21-6-3-15(7-22(21)28)32-26-33-16(13-39-26)12-38-25-20(9-30)23(19(8-29)24(31)34-25)14-1-4-18(5-2-14)37-11-17(36)10-35/h1-7,13,17,35-36H,10-12H2,(H2,31,34)(H,32,33)/t17-/m1/s1. The Morgan fingerprint density at radius 2 is 1.82 bits per heavy atom. The molecule has 0 aliphatic rings. The second-order valence-electron chi connectivity index (χ2n) is 8.01. The molecule has 0 amide bonds. The van der Waals surface area contributed by atoms with Crippen LogP contribution in [-0.2, 0) is 5.75 Å². The van der Waals surface area contributed by atoms with Gasteiger partial charge in [-0.15, -0.1) is 11.3 Å². The van der Waals surface area contributed by atoms with Gasteiger partial charge in [-0.2, -0.15) is 10.5 Å². The Labute approximate surface area is 230 Å². The zero-order chi connectivity index (χ0) is 27.9. The summed E-state index contributed by atoms with van der Waals surface area (Å²) >= 11 is 2.49. The molecule has 9 nitrogen and oxygen atoms in total. The van der Waals surface area contributed by atoms with Gasteiger partial charge in [0.1, 0.15) is 47.0 Å². The van der Waals surface area contributed by atoms with Gasteiger partial charge >= 0.3 is 0 Å². The zero-order valence-corrected chi connectivity index (χ0v) is 21.7. The van der Waals surface area contributed by atoms with Gasteiger partial charge in [0.25, 0.3) is 0 Å². The molecule has 5 N–H and O–H groups in total. The summed E-state index contributed by atoms with van der Waals surface area (Å²) in [6, 6.07) is 14.1. The summed E-state index contributed by atoms with van der Waals surface area (Å²) in [5, 5.41) is 43.6. The lowest BCUT2D eigenvalue weighted by Gasteiger charge is -2.14. The molecule has 2 aromatic heterocycles. The van der Waals surface area contributed by atoms with E-state index in [0.717, 1.165) is 12.1 Å². The van der Waals surface area contributed by atoms with E-state index in [0.29, 0.717) is 44.2 Å². The molecule has 39 heavy (non-hydrogen) atoms. The SMILES string of the molecule is N#Cc1c(N)nc(SCc2csc(Nc3ccc(F)c(F)c3)n2)c(C#N)c1-c1ccc(OC[C@H](O)CO)cc1. The minimum Gasteiger partial charge on any atom is -0.491 e. The largest absolute Gasteiger partial charge is 0.491 e. The third-order valence-corrected chi connectivity index (χ3v) is 7.11. The molecule has 0 saturated carbocycles. The van der Waals surface area contributed by atoms with Crippen LogP contribution in [-0.4, -0.2) is 39.5 Å². The van der Waals surface area contributed by atoms with E-state index in [-0.39, 0.29) is 23.6 Å². The van der Waals surface area contributed by atoms with E-state index in [2.05, 4.69) is 21.4 Å². The molecule has 0 unspecified atom stereocenters. The van der Waals surface area contributed by atoms with Crippen molar-refractivity contribution in [1.82, 2.24) is 9.97 Å². The highest BCUT2D eigenvalue weighted by Crippen LogP contribution is 2.37. The molecule has 4 rings (SSSR count). The van der Waals surface area contributed by atoms with Crippen LogP contribution in [0.5, 0.6) is 5.75 Å². The molecule has 0 fully saturated rings. The topological polar surface area (TPSA) is 161 Å². The Balaban J connectivity index is 1.55. The molecule has 0 saturated heterocycles. The van der Waals surface area contributed by atoms with E-state index in [1.165, 1.54) is 29.2 Å². The predicted molar refractivity (Wildman–Crippen MR) is 143 cm³/mol. The second kappa shape index (κ2) is 12.5. The number of anilines is 3. The van der Waals surface area contributed by atoms with Crippen LogP contribution in [0.4, 0.5) is 25.4 Å². The molecule has 0 radical (unpaired) electrons. The molecular formula is C26H20F2N6O3S2. The van der Waals surface area contributed by atoms with Gasteiger partial charge in [-0.05, 0) is 29.8 Å². The second-order valence-corrected chi connectivity index (χ2v) is 9.83. The zero-order valence-electron chi connectivity index (χ0n) is 20.1. The van der Waals surface area contributed by atoms with Gasteiger partial charge in [0, 0.05) is 28.5 Å². The number of thioether (sulfide) groups is 1. The highest BCUT2D eigenvalue weighted by atomic mass is 32.2. The first-order valence-corrected chi connectivity index (χ1v) is 13.1. The van der Waals surface area contributed by atoms with Gasteiger partial charge in [-0.3, -0.25) is 0 Å². The number of ether oxygens (including phenoxy) is 1. The lowest BCUT2D eigenvalue weighted by Crippen LogP contribution is -2.21. The first kappa shape index (κ1) is 27.8. The van der Waals surface area contributed by atoms with Crippen LogP contribution in [0.3, 0.4) is 0 Å². The highest BCUT2D eigenvalue weighted by molar-refractivity contribution is 7.98. The van der Waals surface area contributed by atoms with Gasteiger partial charge in [0.15, 0.2) is 16.8 Å². The molecule has 0 spiro atoms. The van der Waals surface area contributed by atoms with Crippen molar-refractivity contribution in [3.63, 3.8) is 0 Å². The molecule has 0 aliphatic carbocycles. The van der Waals surface area contributed by atoms with Crippen molar-refractivity contribution < 1.29 is 23.7 Å². The van der Waals surface area contributed by atoms with Crippen LogP contribution in [0.25, 0.3) is 11.1 Å². The van der Waals surface area contributed by atoms with Crippen LogP contribution < -0.4 is 15.8 Å². The van der Waals surface area contributed by atoms with Crippen LogP contribution in [0.2, 0.25) is 0 Å². The number of aliphatic hydroxyl groups is 2. The molecule has 198 valence electrons. The Hall–Kier alpha value is -4.27. The van der Waals surface area contributed by atoms with E-state index in [4.69, 9.17) is 15.6 Å². The number of thiazole rings is 1. The number of aromatic nitrogens is 2. The Kier molecular flexibility index (Phi) is 8.91. The minimum absolute atomic E-state index is 0.0284. The number of hydrogen-bond donors (Lipinski definition) is 4. The fourth-order valence-electron chi connectivity index (χ4n) is 3.42. The van der Waals surface area contributed by atoms with Gasteiger partial charge < -0.3 is 26.0 Å². The Bertz CT molecular complexity index is 1570. The fraction of sp³-hybridized carbons (Fsp3) is 0.154. The third kappa shape index (κ3) is 6.60. The van der Waals surface area contributed by atoms with Crippen molar-refractivity contribution in [3.8, 4) is 29.0 Å². The maximum atomic E-state index is 13.5. The summed E-state index contributed by atoms with van der Waals surface area (Å²) in [6.45, 7) is -0.529. The molecule has 2 heterocycles. The highest BCUT2D eigenvalue weighted by Gasteiger charge is 2.21. The monoisotopic (exact) mass is 566 g/mol. The summed E-state index contributed by atoms with van der Waals surface area (Å²) in [5.41, 5.74) is 8.19. The fourth-order valence-corrected chi connectivity index (χ4v) is 5.15.